The third-order valence-corrected chi connectivity index (χ3v) is 1.87. The first kappa shape index (κ1) is 14.9. The molecule has 0 bridgehead atoms. The van der Waals surface area contributed by atoms with Gasteiger partial charge in [0, 0.05) is 20.1 Å². The predicted molar refractivity (Wildman–Crippen MR) is 57.2 cm³/mol. The van der Waals surface area contributed by atoms with E-state index in [1.807, 2.05) is 0 Å². The Hall–Kier alpha value is -1.14. The molecule has 0 aliphatic rings. The molecule has 0 aliphatic heterocycles. The monoisotopic (exact) mass is 233 g/mol. The summed E-state index contributed by atoms with van der Waals surface area (Å²) in [5.74, 6) is -1.31. The summed E-state index contributed by atoms with van der Waals surface area (Å²) < 4.78 is 9.93. The second kappa shape index (κ2) is 9.11. The molecule has 0 rings (SSSR count). The number of carboxylic acid groups (broad SMARTS) is 1. The quantitative estimate of drug-likeness (QED) is 0.548. The van der Waals surface area contributed by atoms with E-state index in [0.717, 1.165) is 0 Å². The van der Waals surface area contributed by atoms with E-state index in [0.29, 0.717) is 26.2 Å². The molecular weight excluding hydrogens is 214 g/mol. The Labute approximate surface area is 94.9 Å². The van der Waals surface area contributed by atoms with Crippen LogP contribution in [0, 0.1) is 0 Å². The summed E-state index contributed by atoms with van der Waals surface area (Å²) in [6.45, 7) is 2.93. The molecule has 6 nitrogen and oxygen atoms in total. The minimum Gasteiger partial charge on any atom is -0.480 e. The topological polar surface area (TPSA) is 84.9 Å². The molecule has 0 fully saturated rings. The minimum absolute atomic E-state index is 0.268. The molecule has 0 spiro atoms. The fourth-order valence-electron chi connectivity index (χ4n) is 0.954. The summed E-state index contributed by atoms with van der Waals surface area (Å²) in [6, 6.07) is -0.845. The van der Waals surface area contributed by atoms with Gasteiger partial charge in [-0.2, -0.15) is 0 Å². The summed E-state index contributed by atoms with van der Waals surface area (Å²) in [4.78, 5) is 21.6. The summed E-state index contributed by atoms with van der Waals surface area (Å²) in [7, 11) is 1.59. The molecule has 0 saturated heterocycles. The molecule has 0 aromatic heterocycles. The number of ether oxygens (including phenoxy) is 2. The van der Waals surface area contributed by atoms with Crippen molar-refractivity contribution in [1.29, 1.82) is 0 Å². The number of methoxy groups -OCH3 is 1. The first-order valence-corrected chi connectivity index (χ1v) is 5.16. The highest BCUT2D eigenvalue weighted by molar-refractivity contribution is 5.83. The molecule has 94 valence electrons. The number of carbonyl (C=O) groups is 2. The summed E-state index contributed by atoms with van der Waals surface area (Å²) in [5.41, 5.74) is 0. The van der Waals surface area contributed by atoms with Gasteiger partial charge in [-0.05, 0) is 13.3 Å². The van der Waals surface area contributed by atoms with Crippen LogP contribution < -0.4 is 5.32 Å². The summed E-state index contributed by atoms with van der Waals surface area (Å²) in [5, 5.41) is 10.9. The van der Waals surface area contributed by atoms with Gasteiger partial charge in [-0.1, -0.05) is 0 Å². The Morgan fingerprint density at radius 1 is 1.31 bits per heavy atom. The number of amides is 1. The lowest BCUT2D eigenvalue weighted by Crippen LogP contribution is -2.38. The third-order valence-electron chi connectivity index (χ3n) is 1.87. The van der Waals surface area contributed by atoms with Crippen molar-refractivity contribution < 1.29 is 24.2 Å². The van der Waals surface area contributed by atoms with E-state index < -0.39 is 12.0 Å². The average Bonchev–Trinajstić information content (AvgIpc) is 2.23. The van der Waals surface area contributed by atoms with Crippen LogP contribution in [-0.2, 0) is 19.1 Å². The average molecular weight is 233 g/mol. The van der Waals surface area contributed by atoms with Crippen LogP contribution in [0.1, 0.15) is 19.8 Å². The molecule has 0 aliphatic carbocycles. The van der Waals surface area contributed by atoms with Crippen LogP contribution in [0.3, 0.4) is 0 Å². The van der Waals surface area contributed by atoms with Crippen LogP contribution >= 0.6 is 0 Å². The molecule has 0 aromatic carbocycles. The van der Waals surface area contributed by atoms with Crippen molar-refractivity contribution in [2.75, 3.05) is 26.9 Å². The molecule has 0 unspecified atom stereocenters. The van der Waals surface area contributed by atoms with Crippen molar-refractivity contribution in [1.82, 2.24) is 5.32 Å². The Bertz CT molecular complexity index is 219. The molecule has 1 amide bonds. The van der Waals surface area contributed by atoms with Crippen LogP contribution in [0.2, 0.25) is 0 Å². The highest BCUT2D eigenvalue weighted by atomic mass is 16.5. The number of carboxylic acids is 1. The van der Waals surface area contributed by atoms with E-state index in [1.54, 1.807) is 7.11 Å². The first-order valence-electron chi connectivity index (χ1n) is 5.16. The highest BCUT2D eigenvalue weighted by Crippen LogP contribution is 1.92. The van der Waals surface area contributed by atoms with Crippen molar-refractivity contribution in [2.45, 2.75) is 25.8 Å². The van der Waals surface area contributed by atoms with Gasteiger partial charge in [0.1, 0.15) is 6.04 Å². The predicted octanol–water partition coefficient (Wildman–Crippen LogP) is 0.0189. The highest BCUT2D eigenvalue weighted by Gasteiger charge is 2.12. The molecule has 2 N–H and O–H groups in total. The Morgan fingerprint density at radius 2 is 2.00 bits per heavy atom. The van der Waals surface area contributed by atoms with E-state index in [9.17, 15) is 9.59 Å². The van der Waals surface area contributed by atoms with E-state index in [1.165, 1.54) is 6.92 Å². The smallest absolute Gasteiger partial charge is 0.325 e. The number of carbonyl (C=O) groups excluding carboxylic acids is 1. The molecule has 16 heavy (non-hydrogen) atoms. The number of rotatable bonds is 9. The lowest BCUT2D eigenvalue weighted by atomic mass is 10.2. The molecule has 0 saturated carbocycles. The van der Waals surface area contributed by atoms with E-state index in [2.05, 4.69) is 5.32 Å². The van der Waals surface area contributed by atoms with Gasteiger partial charge in [-0.3, -0.25) is 9.59 Å². The minimum atomic E-state index is -1.04. The number of hydrogen-bond donors (Lipinski definition) is 2. The third kappa shape index (κ3) is 8.19. The maximum Gasteiger partial charge on any atom is 0.325 e. The maximum atomic E-state index is 11.2. The van der Waals surface area contributed by atoms with Crippen molar-refractivity contribution >= 4 is 11.9 Å². The summed E-state index contributed by atoms with van der Waals surface area (Å²) in [6.07, 6.45) is 0.840. The van der Waals surface area contributed by atoms with Gasteiger partial charge in [0.15, 0.2) is 0 Å². The van der Waals surface area contributed by atoms with Crippen molar-refractivity contribution in [3.05, 3.63) is 0 Å². The number of hydrogen-bond acceptors (Lipinski definition) is 4. The Morgan fingerprint density at radius 3 is 2.56 bits per heavy atom. The fourth-order valence-corrected chi connectivity index (χ4v) is 0.954. The van der Waals surface area contributed by atoms with Crippen molar-refractivity contribution in [3.63, 3.8) is 0 Å². The van der Waals surface area contributed by atoms with Gasteiger partial charge >= 0.3 is 5.97 Å². The van der Waals surface area contributed by atoms with E-state index in [4.69, 9.17) is 14.6 Å². The van der Waals surface area contributed by atoms with Gasteiger partial charge in [-0.25, -0.2) is 0 Å². The molecule has 0 radical (unpaired) electrons. The second-order valence-electron chi connectivity index (χ2n) is 3.34. The molecule has 1 atom stereocenters. The lowest BCUT2D eigenvalue weighted by molar-refractivity contribution is -0.141. The standard InChI is InChI=1S/C10H19NO5/c1-8(10(13)14)11-9(12)4-3-5-16-7-6-15-2/h8H,3-7H2,1-2H3,(H,11,12)(H,13,14)/t8-/m1/s1. The SMILES string of the molecule is COCCOCCCC(=O)N[C@H](C)C(=O)O. The maximum absolute atomic E-state index is 11.2. The fraction of sp³-hybridized carbons (Fsp3) is 0.800. The summed E-state index contributed by atoms with van der Waals surface area (Å²) >= 11 is 0. The van der Waals surface area contributed by atoms with Crippen LogP contribution in [0.4, 0.5) is 0 Å². The van der Waals surface area contributed by atoms with Gasteiger partial charge in [0.05, 0.1) is 13.2 Å². The van der Waals surface area contributed by atoms with Crippen molar-refractivity contribution in [2.24, 2.45) is 0 Å². The van der Waals surface area contributed by atoms with Crippen LogP contribution in [0.25, 0.3) is 0 Å². The van der Waals surface area contributed by atoms with Gasteiger partial charge < -0.3 is 19.9 Å². The van der Waals surface area contributed by atoms with Gasteiger partial charge in [-0.15, -0.1) is 0 Å². The lowest BCUT2D eigenvalue weighted by Gasteiger charge is -2.09. The van der Waals surface area contributed by atoms with Crippen LogP contribution in [0.15, 0.2) is 0 Å². The zero-order valence-electron chi connectivity index (χ0n) is 9.69. The molecule has 0 heterocycles. The number of aliphatic carboxylic acids is 1. The van der Waals surface area contributed by atoms with E-state index in [-0.39, 0.29) is 12.3 Å². The normalized spacial score (nSPS) is 12.1. The second-order valence-corrected chi connectivity index (χ2v) is 3.34. The van der Waals surface area contributed by atoms with Crippen LogP contribution in [0.5, 0.6) is 0 Å². The number of nitrogens with one attached hydrogen (secondary N) is 1. The molecule has 0 aromatic rings. The Balaban J connectivity index is 3.40. The largest absolute Gasteiger partial charge is 0.480 e. The zero-order chi connectivity index (χ0) is 12.4. The zero-order valence-corrected chi connectivity index (χ0v) is 9.69. The Kier molecular flexibility index (Phi) is 8.46. The first-order chi connectivity index (χ1) is 7.57. The molecule has 6 heteroatoms. The van der Waals surface area contributed by atoms with Gasteiger partial charge in [0.25, 0.3) is 0 Å². The van der Waals surface area contributed by atoms with E-state index >= 15 is 0 Å². The van der Waals surface area contributed by atoms with Crippen molar-refractivity contribution in [3.8, 4) is 0 Å². The van der Waals surface area contributed by atoms with Gasteiger partial charge in [0.2, 0.25) is 5.91 Å². The van der Waals surface area contributed by atoms with Crippen LogP contribution in [-0.4, -0.2) is 50.0 Å². The molecular formula is C10H19NO5.